The smallest absolute Gasteiger partial charge is 0.176 e. The van der Waals surface area contributed by atoms with Crippen LogP contribution in [0.5, 0.6) is 28.7 Å². The van der Waals surface area contributed by atoms with Crippen molar-refractivity contribution in [2.24, 2.45) is 0 Å². The van der Waals surface area contributed by atoms with E-state index >= 15 is 0 Å². The van der Waals surface area contributed by atoms with Crippen LogP contribution in [0.4, 0.5) is 0 Å². The Labute approximate surface area is 185 Å². The van der Waals surface area contributed by atoms with Gasteiger partial charge in [0, 0.05) is 16.7 Å². The predicted molar refractivity (Wildman–Crippen MR) is 119 cm³/mol. The van der Waals surface area contributed by atoms with Gasteiger partial charge < -0.3 is 19.3 Å². The third kappa shape index (κ3) is 4.75. The van der Waals surface area contributed by atoms with E-state index in [4.69, 9.17) is 25.8 Å². The zero-order chi connectivity index (χ0) is 21.8. The Morgan fingerprint density at radius 1 is 0.968 bits per heavy atom. The molecule has 1 heterocycles. The highest BCUT2D eigenvalue weighted by Gasteiger charge is 2.18. The van der Waals surface area contributed by atoms with Crippen molar-refractivity contribution >= 4 is 11.6 Å². The fourth-order valence-corrected chi connectivity index (χ4v) is 3.30. The minimum Gasteiger partial charge on any atom is -0.507 e. The van der Waals surface area contributed by atoms with Gasteiger partial charge in [-0.05, 0) is 61.0 Å². The van der Waals surface area contributed by atoms with Gasteiger partial charge in [0.05, 0.1) is 12.8 Å². The summed E-state index contributed by atoms with van der Waals surface area (Å²) in [5.41, 5.74) is 2.72. The molecule has 0 fully saturated rings. The second kappa shape index (κ2) is 9.02. The molecule has 3 aromatic carbocycles. The van der Waals surface area contributed by atoms with Gasteiger partial charge in [0.15, 0.2) is 5.75 Å². The molecule has 7 heteroatoms. The van der Waals surface area contributed by atoms with E-state index in [2.05, 4.69) is 10.2 Å². The number of hydrogen-bond acceptors (Lipinski definition) is 5. The first-order valence-electron chi connectivity index (χ1n) is 9.61. The fourth-order valence-electron chi connectivity index (χ4n) is 3.08. The number of aromatic hydroxyl groups is 1. The molecule has 0 amide bonds. The molecule has 0 radical (unpaired) electrons. The molecule has 0 bridgehead atoms. The zero-order valence-electron chi connectivity index (χ0n) is 17.1. The zero-order valence-corrected chi connectivity index (χ0v) is 17.8. The van der Waals surface area contributed by atoms with Crippen LogP contribution in [0.3, 0.4) is 0 Å². The summed E-state index contributed by atoms with van der Waals surface area (Å²) in [5, 5.41) is 18.5. The highest BCUT2D eigenvalue weighted by molar-refractivity contribution is 6.30. The van der Waals surface area contributed by atoms with Crippen LogP contribution in [-0.2, 0) is 6.61 Å². The molecular formula is C24H21ClN2O4. The van der Waals surface area contributed by atoms with E-state index in [1.54, 1.807) is 25.3 Å². The van der Waals surface area contributed by atoms with Crippen LogP contribution in [-0.4, -0.2) is 22.4 Å². The molecule has 4 aromatic rings. The van der Waals surface area contributed by atoms with Gasteiger partial charge in [-0.25, -0.2) is 0 Å². The Kier molecular flexibility index (Phi) is 6.00. The lowest BCUT2D eigenvalue weighted by Gasteiger charge is -2.11. The molecule has 0 aliphatic carbocycles. The normalized spacial score (nSPS) is 10.7. The number of aryl methyl sites for hydroxylation is 1. The van der Waals surface area contributed by atoms with Gasteiger partial charge in [-0.1, -0.05) is 23.7 Å². The molecule has 2 N–H and O–H groups in total. The summed E-state index contributed by atoms with van der Waals surface area (Å²) in [6.07, 6.45) is 0. The van der Waals surface area contributed by atoms with Gasteiger partial charge in [-0.2, -0.15) is 5.10 Å². The van der Waals surface area contributed by atoms with Crippen molar-refractivity contribution in [1.82, 2.24) is 10.2 Å². The second-order valence-corrected chi connectivity index (χ2v) is 7.34. The summed E-state index contributed by atoms with van der Waals surface area (Å²) >= 11 is 6.01. The molecule has 0 spiro atoms. The molecular weight excluding hydrogens is 416 g/mol. The largest absolute Gasteiger partial charge is 0.507 e. The van der Waals surface area contributed by atoms with Crippen molar-refractivity contribution in [2.45, 2.75) is 13.5 Å². The SMILES string of the molecule is COc1ccc(Oc2c(-c3ccc(OCc4cccc(Cl)c4)cc3O)n[nH]c2C)cc1. The number of H-pyrrole nitrogens is 1. The summed E-state index contributed by atoms with van der Waals surface area (Å²) in [7, 11) is 1.61. The van der Waals surface area contributed by atoms with E-state index in [0.29, 0.717) is 40.1 Å². The lowest BCUT2D eigenvalue weighted by molar-refractivity contribution is 0.304. The molecule has 6 nitrogen and oxygen atoms in total. The maximum atomic E-state index is 10.6. The Morgan fingerprint density at radius 2 is 1.71 bits per heavy atom. The number of phenolic OH excluding ortho intramolecular Hbond substituents is 1. The van der Waals surface area contributed by atoms with Gasteiger partial charge in [-0.15, -0.1) is 0 Å². The third-order valence-corrected chi connectivity index (χ3v) is 4.92. The predicted octanol–water partition coefficient (Wildman–Crippen LogP) is 6.12. The monoisotopic (exact) mass is 436 g/mol. The lowest BCUT2D eigenvalue weighted by atomic mass is 10.1. The number of aromatic amines is 1. The topological polar surface area (TPSA) is 76.6 Å². The molecule has 1 aromatic heterocycles. The number of nitrogens with one attached hydrogen (secondary N) is 1. The molecule has 158 valence electrons. The number of rotatable bonds is 7. The van der Waals surface area contributed by atoms with E-state index in [1.807, 2.05) is 55.5 Å². The summed E-state index contributed by atoms with van der Waals surface area (Å²) in [5.74, 6) is 2.48. The van der Waals surface area contributed by atoms with Crippen LogP contribution in [0.2, 0.25) is 5.02 Å². The summed E-state index contributed by atoms with van der Waals surface area (Å²) in [6.45, 7) is 2.20. The van der Waals surface area contributed by atoms with Crippen molar-refractivity contribution in [2.75, 3.05) is 7.11 Å². The van der Waals surface area contributed by atoms with Crippen molar-refractivity contribution in [3.05, 3.63) is 83.0 Å². The lowest BCUT2D eigenvalue weighted by Crippen LogP contribution is -1.95. The maximum Gasteiger partial charge on any atom is 0.176 e. The second-order valence-electron chi connectivity index (χ2n) is 6.90. The molecule has 4 rings (SSSR count). The van der Waals surface area contributed by atoms with Crippen molar-refractivity contribution in [1.29, 1.82) is 0 Å². The minimum absolute atomic E-state index is 0.0367. The molecule has 0 saturated heterocycles. The van der Waals surface area contributed by atoms with E-state index in [1.165, 1.54) is 0 Å². The first-order chi connectivity index (χ1) is 15.0. The van der Waals surface area contributed by atoms with Gasteiger partial charge in [0.1, 0.15) is 35.3 Å². The number of aromatic nitrogens is 2. The summed E-state index contributed by atoms with van der Waals surface area (Å²) < 4.78 is 17.0. The number of benzene rings is 3. The third-order valence-electron chi connectivity index (χ3n) is 4.69. The Bertz CT molecular complexity index is 1190. The van der Waals surface area contributed by atoms with Crippen LogP contribution in [0.15, 0.2) is 66.7 Å². The van der Waals surface area contributed by atoms with Crippen molar-refractivity contribution in [3.8, 4) is 40.0 Å². The number of hydrogen-bond donors (Lipinski definition) is 2. The molecule has 0 saturated carbocycles. The Morgan fingerprint density at radius 3 is 2.42 bits per heavy atom. The quantitative estimate of drug-likeness (QED) is 0.364. The first kappa shape index (κ1) is 20.6. The van der Waals surface area contributed by atoms with E-state index in [-0.39, 0.29) is 5.75 Å². The number of halogens is 1. The first-order valence-corrected chi connectivity index (χ1v) is 9.99. The average molecular weight is 437 g/mol. The number of ether oxygens (including phenoxy) is 3. The number of methoxy groups -OCH3 is 1. The van der Waals surface area contributed by atoms with Gasteiger partial charge >= 0.3 is 0 Å². The Balaban J connectivity index is 1.54. The van der Waals surface area contributed by atoms with Crippen LogP contribution < -0.4 is 14.2 Å². The Hall–Kier alpha value is -3.64. The minimum atomic E-state index is 0.0367. The van der Waals surface area contributed by atoms with E-state index in [9.17, 15) is 5.11 Å². The highest BCUT2D eigenvalue weighted by atomic mass is 35.5. The summed E-state index contributed by atoms with van der Waals surface area (Å²) in [6, 6.07) is 19.8. The molecule has 0 atom stereocenters. The van der Waals surface area contributed by atoms with Crippen LogP contribution >= 0.6 is 11.6 Å². The van der Waals surface area contributed by atoms with Crippen molar-refractivity contribution < 1.29 is 19.3 Å². The molecule has 0 unspecified atom stereocenters. The highest BCUT2D eigenvalue weighted by Crippen LogP contribution is 2.40. The fraction of sp³-hybridized carbons (Fsp3) is 0.125. The summed E-state index contributed by atoms with van der Waals surface area (Å²) in [4.78, 5) is 0. The van der Waals surface area contributed by atoms with Crippen LogP contribution in [0, 0.1) is 6.92 Å². The maximum absolute atomic E-state index is 10.6. The van der Waals surface area contributed by atoms with Crippen molar-refractivity contribution in [3.63, 3.8) is 0 Å². The number of nitrogens with zero attached hydrogens (tertiary/aromatic N) is 1. The van der Waals surface area contributed by atoms with Crippen LogP contribution in [0.25, 0.3) is 11.3 Å². The average Bonchev–Trinajstić information content (AvgIpc) is 3.13. The van der Waals surface area contributed by atoms with E-state index < -0.39 is 0 Å². The standard InChI is InChI=1S/C24H21ClN2O4/c1-15-24(31-19-8-6-18(29-2)7-9-19)23(27-26-15)21-11-10-20(13-22(21)28)30-14-16-4-3-5-17(25)12-16/h3-13,28H,14H2,1-2H3,(H,26,27). The molecule has 31 heavy (non-hydrogen) atoms. The van der Waals surface area contributed by atoms with Gasteiger partial charge in [0.2, 0.25) is 0 Å². The van der Waals surface area contributed by atoms with Gasteiger partial charge in [0.25, 0.3) is 0 Å². The number of phenols is 1. The molecule has 0 aliphatic heterocycles. The van der Waals surface area contributed by atoms with Crippen LogP contribution in [0.1, 0.15) is 11.3 Å². The van der Waals surface area contributed by atoms with Gasteiger partial charge in [-0.3, -0.25) is 5.10 Å². The van der Waals surface area contributed by atoms with E-state index in [0.717, 1.165) is 17.0 Å². The molecule has 0 aliphatic rings.